The number of rotatable bonds is 16. The van der Waals surface area contributed by atoms with Crippen molar-refractivity contribution in [2.24, 2.45) is 5.92 Å². The summed E-state index contributed by atoms with van der Waals surface area (Å²) in [5, 5.41) is 0. The Morgan fingerprint density at radius 2 is 1.43 bits per heavy atom. The van der Waals surface area contributed by atoms with E-state index in [0.717, 1.165) is 12.8 Å². The van der Waals surface area contributed by atoms with E-state index in [2.05, 4.69) is 19.1 Å². The van der Waals surface area contributed by atoms with Crippen LogP contribution in [0.25, 0.3) is 0 Å². The van der Waals surface area contributed by atoms with Crippen LogP contribution in [0.4, 0.5) is 0 Å². The van der Waals surface area contributed by atoms with Crippen molar-refractivity contribution in [3.8, 4) is 0 Å². The average Bonchev–Trinajstić information content (AvgIpc) is 2.58. The Hall–Kier alpha value is -0.500. The molecule has 1 atom stereocenters. The van der Waals surface area contributed by atoms with Gasteiger partial charge in [0, 0.05) is 5.88 Å². The van der Waals surface area contributed by atoms with Crippen molar-refractivity contribution in [2.75, 3.05) is 13.0 Å². The molecular weight excluding hydrogens is 308 g/mol. The van der Waals surface area contributed by atoms with Gasteiger partial charge in [-0.25, -0.2) is 0 Å². The molecule has 23 heavy (non-hydrogen) atoms. The van der Waals surface area contributed by atoms with Crippen LogP contribution in [0.15, 0.2) is 12.2 Å². The van der Waals surface area contributed by atoms with Crippen LogP contribution in [0.3, 0.4) is 0 Å². The number of allylic oxidation sites excluding steroid dienone is 2. The third kappa shape index (κ3) is 14.8. The molecule has 0 fully saturated rings. The van der Waals surface area contributed by atoms with E-state index in [9.17, 15) is 4.79 Å². The molecule has 1 unspecified atom stereocenters. The number of carbonyl (C=O) groups excluding carboxylic acids is 1. The highest BCUT2D eigenvalue weighted by molar-refractivity contribution is 6.19. The molecule has 0 heterocycles. The summed E-state index contributed by atoms with van der Waals surface area (Å²) in [6, 6.07) is 0. The number of methoxy groups -OCH3 is 1. The van der Waals surface area contributed by atoms with E-state index in [1.54, 1.807) is 0 Å². The first-order chi connectivity index (χ1) is 11.3. The topological polar surface area (TPSA) is 26.3 Å². The highest BCUT2D eigenvalue weighted by Crippen LogP contribution is 2.15. The number of esters is 1. The summed E-state index contributed by atoms with van der Waals surface area (Å²) in [4.78, 5) is 11.4. The van der Waals surface area contributed by atoms with Crippen molar-refractivity contribution in [1.82, 2.24) is 0 Å². The summed E-state index contributed by atoms with van der Waals surface area (Å²) in [6.07, 6.45) is 20.9. The molecule has 0 aliphatic heterocycles. The summed E-state index contributed by atoms with van der Waals surface area (Å²) in [6.45, 7) is 2.26. The van der Waals surface area contributed by atoms with E-state index in [-0.39, 0.29) is 11.9 Å². The van der Waals surface area contributed by atoms with Gasteiger partial charge in [0.15, 0.2) is 0 Å². The number of hydrogen-bond acceptors (Lipinski definition) is 2. The monoisotopic (exact) mass is 344 g/mol. The number of halogens is 1. The molecule has 0 radical (unpaired) electrons. The van der Waals surface area contributed by atoms with Gasteiger partial charge in [-0.2, -0.15) is 0 Å². The Morgan fingerprint density at radius 1 is 0.913 bits per heavy atom. The molecular formula is C20H37ClO2. The van der Waals surface area contributed by atoms with Gasteiger partial charge in [-0.1, -0.05) is 70.4 Å². The number of ether oxygens (including phenoxy) is 1. The van der Waals surface area contributed by atoms with Crippen LogP contribution in [0.2, 0.25) is 0 Å². The molecule has 0 saturated heterocycles. The summed E-state index contributed by atoms with van der Waals surface area (Å²) in [5.74, 6) is 0.0740. The van der Waals surface area contributed by atoms with Crippen LogP contribution in [0.5, 0.6) is 0 Å². The summed E-state index contributed by atoms with van der Waals surface area (Å²) in [5.41, 5.74) is 0. The predicted molar refractivity (Wildman–Crippen MR) is 101 cm³/mol. The van der Waals surface area contributed by atoms with Gasteiger partial charge in [0.1, 0.15) is 0 Å². The fraction of sp³-hybridized carbons (Fsp3) is 0.850. The zero-order valence-corrected chi connectivity index (χ0v) is 16.1. The molecule has 0 aromatic rings. The fourth-order valence-electron chi connectivity index (χ4n) is 2.71. The van der Waals surface area contributed by atoms with Crippen molar-refractivity contribution in [2.45, 2.75) is 90.4 Å². The normalized spacial score (nSPS) is 12.7. The zero-order chi connectivity index (χ0) is 17.2. The van der Waals surface area contributed by atoms with Gasteiger partial charge in [-0.3, -0.25) is 4.79 Å². The maximum absolute atomic E-state index is 11.4. The highest BCUT2D eigenvalue weighted by Gasteiger charge is 2.16. The minimum Gasteiger partial charge on any atom is -0.469 e. The van der Waals surface area contributed by atoms with Gasteiger partial charge < -0.3 is 4.74 Å². The highest BCUT2D eigenvalue weighted by atomic mass is 35.5. The lowest BCUT2D eigenvalue weighted by Gasteiger charge is -2.10. The van der Waals surface area contributed by atoms with Crippen LogP contribution in [0.1, 0.15) is 90.4 Å². The summed E-state index contributed by atoms with van der Waals surface area (Å²) >= 11 is 5.79. The Balaban J connectivity index is 3.32. The first-order valence-corrected chi connectivity index (χ1v) is 10.1. The van der Waals surface area contributed by atoms with E-state index < -0.39 is 0 Å². The molecule has 0 aromatic carbocycles. The van der Waals surface area contributed by atoms with Crippen LogP contribution in [-0.4, -0.2) is 19.0 Å². The first-order valence-electron chi connectivity index (χ1n) is 9.55. The second-order valence-corrected chi connectivity index (χ2v) is 6.70. The molecule has 0 aromatic heterocycles. The second kappa shape index (κ2) is 17.8. The van der Waals surface area contributed by atoms with Crippen molar-refractivity contribution < 1.29 is 9.53 Å². The van der Waals surface area contributed by atoms with Crippen LogP contribution < -0.4 is 0 Å². The van der Waals surface area contributed by atoms with Gasteiger partial charge in [-0.15, -0.1) is 11.6 Å². The molecule has 2 nitrogen and oxygen atoms in total. The standard InChI is InChI=1S/C20H37ClO2/c1-3-4-5-6-7-8-9-10-11-12-13-14-15-16-17-19(18-21)20(22)23-2/h10-11,19H,3-9,12-18H2,1-2H3/b11-10-. The van der Waals surface area contributed by atoms with Gasteiger partial charge in [0.25, 0.3) is 0 Å². The second-order valence-electron chi connectivity index (χ2n) is 6.39. The van der Waals surface area contributed by atoms with Crippen molar-refractivity contribution in [1.29, 1.82) is 0 Å². The third-order valence-electron chi connectivity index (χ3n) is 4.29. The third-order valence-corrected chi connectivity index (χ3v) is 4.66. The molecule has 0 amide bonds. The smallest absolute Gasteiger partial charge is 0.309 e. The Bertz CT molecular complexity index is 289. The van der Waals surface area contributed by atoms with E-state index in [1.165, 1.54) is 77.7 Å². The summed E-state index contributed by atoms with van der Waals surface area (Å²) < 4.78 is 4.74. The SMILES string of the molecule is CCCCCCCC/C=C\CCCCCCC(CCl)C(=O)OC. The lowest BCUT2D eigenvalue weighted by Crippen LogP contribution is -2.17. The zero-order valence-electron chi connectivity index (χ0n) is 15.3. The van der Waals surface area contributed by atoms with Gasteiger partial charge in [0.05, 0.1) is 13.0 Å². The van der Waals surface area contributed by atoms with Crippen molar-refractivity contribution in [3.05, 3.63) is 12.2 Å². The molecule has 3 heteroatoms. The maximum Gasteiger partial charge on any atom is 0.309 e. The Kier molecular flexibility index (Phi) is 17.5. The molecule has 0 rings (SSSR count). The van der Waals surface area contributed by atoms with E-state index in [0.29, 0.717) is 5.88 Å². The molecule has 0 aliphatic carbocycles. The average molecular weight is 345 g/mol. The Labute approximate surface area is 149 Å². The molecule has 0 saturated carbocycles. The van der Waals surface area contributed by atoms with E-state index in [1.807, 2.05) is 0 Å². The molecule has 0 N–H and O–H groups in total. The molecule has 0 aliphatic rings. The van der Waals surface area contributed by atoms with E-state index in [4.69, 9.17) is 16.3 Å². The van der Waals surface area contributed by atoms with Gasteiger partial charge in [0.2, 0.25) is 0 Å². The van der Waals surface area contributed by atoms with Gasteiger partial charge in [-0.05, 0) is 32.1 Å². The van der Waals surface area contributed by atoms with Crippen LogP contribution >= 0.6 is 11.6 Å². The van der Waals surface area contributed by atoms with Gasteiger partial charge >= 0.3 is 5.97 Å². The molecule has 136 valence electrons. The lowest BCUT2D eigenvalue weighted by atomic mass is 10.0. The largest absolute Gasteiger partial charge is 0.469 e. The first kappa shape index (κ1) is 22.5. The van der Waals surface area contributed by atoms with Crippen LogP contribution in [0, 0.1) is 5.92 Å². The van der Waals surface area contributed by atoms with E-state index >= 15 is 0 Å². The maximum atomic E-state index is 11.4. The minimum atomic E-state index is -0.169. The van der Waals surface area contributed by atoms with Crippen LogP contribution in [-0.2, 0) is 9.53 Å². The van der Waals surface area contributed by atoms with Crippen molar-refractivity contribution >= 4 is 17.6 Å². The predicted octanol–water partition coefficient (Wildman–Crippen LogP) is 6.66. The molecule has 0 spiro atoms. The fourth-order valence-corrected chi connectivity index (χ4v) is 2.99. The molecule has 0 bridgehead atoms. The number of carbonyl (C=O) groups is 1. The Morgan fingerprint density at radius 3 is 1.96 bits per heavy atom. The van der Waals surface area contributed by atoms with Crippen molar-refractivity contribution in [3.63, 3.8) is 0 Å². The minimum absolute atomic E-state index is 0.126. The number of unbranched alkanes of at least 4 members (excludes halogenated alkanes) is 10. The quantitative estimate of drug-likeness (QED) is 0.135. The summed E-state index contributed by atoms with van der Waals surface area (Å²) in [7, 11) is 1.43. The number of hydrogen-bond donors (Lipinski definition) is 0. The number of alkyl halides is 1. The lowest BCUT2D eigenvalue weighted by molar-refractivity contribution is -0.144.